The zero-order valence-electron chi connectivity index (χ0n) is 18.4. The molecule has 0 radical (unpaired) electrons. The van der Waals surface area contributed by atoms with Crippen LogP contribution in [0.4, 0.5) is 0 Å². The number of carbonyl (C=O) groups is 2. The van der Waals surface area contributed by atoms with Gasteiger partial charge in [-0.05, 0) is 62.6 Å². The minimum Gasteiger partial charge on any atom is -0.490 e. The largest absolute Gasteiger partial charge is 0.490 e. The lowest BCUT2D eigenvalue weighted by Crippen LogP contribution is -2.28. The Morgan fingerprint density at radius 2 is 1.87 bits per heavy atom. The van der Waals surface area contributed by atoms with Crippen LogP contribution in [0.5, 0.6) is 11.5 Å². The van der Waals surface area contributed by atoms with Crippen LogP contribution in [0.1, 0.15) is 44.7 Å². The van der Waals surface area contributed by atoms with E-state index in [4.69, 9.17) is 9.47 Å². The number of benzene rings is 1. The van der Waals surface area contributed by atoms with Crippen LogP contribution in [-0.4, -0.2) is 35.7 Å². The molecule has 5 unspecified atom stereocenters. The molecule has 1 saturated heterocycles. The molecule has 0 spiro atoms. The van der Waals surface area contributed by atoms with Gasteiger partial charge in [0.05, 0.1) is 30.8 Å². The van der Waals surface area contributed by atoms with E-state index in [0.717, 1.165) is 29.0 Å². The first-order valence-electron chi connectivity index (χ1n) is 11.2. The predicted molar refractivity (Wildman–Crippen MR) is 119 cm³/mol. The summed E-state index contributed by atoms with van der Waals surface area (Å²) in [5.74, 6) is 0.815. The lowest BCUT2D eigenvalue weighted by molar-refractivity contribution is -0.140. The van der Waals surface area contributed by atoms with E-state index in [1.807, 2.05) is 32.1 Å². The van der Waals surface area contributed by atoms with Crippen LogP contribution in [0.15, 0.2) is 42.0 Å². The fourth-order valence-corrected chi connectivity index (χ4v) is 4.87. The summed E-state index contributed by atoms with van der Waals surface area (Å²) in [6.07, 6.45) is 9.97. The summed E-state index contributed by atoms with van der Waals surface area (Å²) in [4.78, 5) is 25.7. The second-order valence-corrected chi connectivity index (χ2v) is 8.50. The van der Waals surface area contributed by atoms with Crippen LogP contribution in [0, 0.1) is 23.7 Å². The Morgan fingerprint density at radius 3 is 2.45 bits per heavy atom. The molecule has 1 aliphatic heterocycles. The molecule has 1 aromatic rings. The highest BCUT2D eigenvalue weighted by Gasteiger charge is 2.59. The summed E-state index contributed by atoms with van der Waals surface area (Å²) < 4.78 is 12.0. The minimum atomic E-state index is -0.249. The van der Waals surface area contributed by atoms with Gasteiger partial charge < -0.3 is 9.47 Å². The quantitative estimate of drug-likeness (QED) is 0.341. The summed E-state index contributed by atoms with van der Waals surface area (Å²) in [7, 11) is 0. The molecule has 1 aromatic carbocycles. The smallest absolute Gasteiger partial charge is 0.254 e. The fraction of sp³-hybridized carbons (Fsp3) is 0.480. The molecule has 3 aliphatic rings. The first kappa shape index (κ1) is 21.3. The monoisotopic (exact) mass is 422 g/mol. The summed E-state index contributed by atoms with van der Waals surface area (Å²) >= 11 is 0. The standard InChI is InChI=1S/C25H30N2O4/c1-5-8-19-11-16(12-20(30-7-3)23(19)31-15(4)6-2)14-26-27-24(28)21-17-9-10-18(13-17)22(21)25(27)29/h5,9-12,14-15,17-18,21-22H,1,6-8,13H2,2-4H3. The van der Waals surface area contributed by atoms with E-state index in [1.54, 1.807) is 6.21 Å². The van der Waals surface area contributed by atoms with Gasteiger partial charge >= 0.3 is 0 Å². The number of ether oxygens (including phenoxy) is 2. The lowest BCUT2D eigenvalue weighted by Gasteiger charge is -2.20. The van der Waals surface area contributed by atoms with E-state index >= 15 is 0 Å². The van der Waals surface area contributed by atoms with E-state index < -0.39 is 0 Å². The second-order valence-electron chi connectivity index (χ2n) is 8.50. The van der Waals surface area contributed by atoms with E-state index in [0.29, 0.717) is 24.5 Å². The number of imide groups is 1. The topological polar surface area (TPSA) is 68.2 Å². The van der Waals surface area contributed by atoms with Crippen LogP contribution < -0.4 is 9.47 Å². The first-order valence-corrected chi connectivity index (χ1v) is 11.2. The van der Waals surface area contributed by atoms with Crippen molar-refractivity contribution in [2.24, 2.45) is 28.8 Å². The molecule has 0 N–H and O–H groups in total. The predicted octanol–water partition coefficient (Wildman–Crippen LogP) is 4.13. The van der Waals surface area contributed by atoms with Gasteiger partial charge in [0, 0.05) is 5.56 Å². The molecule has 164 valence electrons. The van der Waals surface area contributed by atoms with E-state index in [2.05, 4.69) is 30.8 Å². The van der Waals surface area contributed by atoms with Gasteiger partial charge in [-0.1, -0.05) is 25.2 Å². The highest BCUT2D eigenvalue weighted by atomic mass is 16.5. The Morgan fingerprint density at radius 1 is 1.19 bits per heavy atom. The van der Waals surface area contributed by atoms with Crippen molar-refractivity contribution in [3.63, 3.8) is 0 Å². The number of amides is 2. The zero-order chi connectivity index (χ0) is 22.1. The molecule has 6 heteroatoms. The molecule has 5 atom stereocenters. The summed E-state index contributed by atoms with van der Waals surface area (Å²) in [6, 6.07) is 3.79. The van der Waals surface area contributed by atoms with Crippen LogP contribution in [0.2, 0.25) is 0 Å². The zero-order valence-corrected chi connectivity index (χ0v) is 18.4. The van der Waals surface area contributed by atoms with E-state index in [9.17, 15) is 9.59 Å². The van der Waals surface area contributed by atoms with Crippen LogP contribution in [0.3, 0.4) is 0 Å². The Kier molecular flexibility index (Phi) is 5.99. The van der Waals surface area contributed by atoms with Crippen molar-refractivity contribution in [3.8, 4) is 11.5 Å². The van der Waals surface area contributed by atoms with Gasteiger partial charge in [0.15, 0.2) is 11.5 Å². The van der Waals surface area contributed by atoms with Crippen LogP contribution >= 0.6 is 0 Å². The Balaban J connectivity index is 1.62. The third kappa shape index (κ3) is 3.80. The van der Waals surface area contributed by atoms with Crippen molar-refractivity contribution in [1.29, 1.82) is 0 Å². The normalized spacial score (nSPS) is 27.3. The van der Waals surface area contributed by atoms with Crippen molar-refractivity contribution < 1.29 is 19.1 Å². The number of allylic oxidation sites excluding steroid dienone is 3. The van der Waals surface area contributed by atoms with Gasteiger partial charge in [0.2, 0.25) is 0 Å². The molecule has 1 saturated carbocycles. The maximum atomic E-state index is 12.9. The highest BCUT2D eigenvalue weighted by Crippen LogP contribution is 2.52. The average Bonchev–Trinajstić information content (AvgIpc) is 3.43. The van der Waals surface area contributed by atoms with Gasteiger partial charge in [0.25, 0.3) is 11.8 Å². The third-order valence-corrected chi connectivity index (χ3v) is 6.48. The third-order valence-electron chi connectivity index (χ3n) is 6.48. The van der Waals surface area contributed by atoms with E-state index in [-0.39, 0.29) is 41.6 Å². The van der Waals surface area contributed by atoms with Gasteiger partial charge in [-0.15, -0.1) is 6.58 Å². The number of rotatable bonds is 9. The number of hydrogen-bond donors (Lipinski definition) is 0. The molecule has 2 bridgehead atoms. The Hall–Kier alpha value is -2.89. The second kappa shape index (κ2) is 8.69. The minimum absolute atomic E-state index is 0.0468. The lowest BCUT2D eigenvalue weighted by atomic mass is 9.85. The molecule has 2 fully saturated rings. The van der Waals surface area contributed by atoms with Gasteiger partial charge in [-0.25, -0.2) is 0 Å². The molecule has 4 rings (SSSR count). The SMILES string of the molecule is C=CCc1cc(C=NN2C(=O)C3C4C=CC(C4)C3C2=O)cc(OCC)c1OC(C)CC. The molecule has 6 nitrogen and oxygen atoms in total. The van der Waals surface area contributed by atoms with Crippen molar-refractivity contribution >= 4 is 18.0 Å². The van der Waals surface area contributed by atoms with Crippen molar-refractivity contribution in [3.05, 3.63) is 48.1 Å². The van der Waals surface area contributed by atoms with Crippen molar-refractivity contribution in [1.82, 2.24) is 5.01 Å². The van der Waals surface area contributed by atoms with Crippen LogP contribution in [0.25, 0.3) is 0 Å². The number of hydrazone groups is 1. The number of nitrogens with zero attached hydrogens (tertiary/aromatic N) is 2. The Labute approximate surface area is 183 Å². The van der Waals surface area contributed by atoms with Gasteiger partial charge in [-0.2, -0.15) is 10.1 Å². The maximum Gasteiger partial charge on any atom is 0.254 e. The molecule has 1 heterocycles. The van der Waals surface area contributed by atoms with E-state index in [1.165, 1.54) is 0 Å². The van der Waals surface area contributed by atoms with Crippen molar-refractivity contribution in [2.75, 3.05) is 6.61 Å². The number of fused-ring (bicyclic) bond motifs is 5. The number of hydrogen-bond acceptors (Lipinski definition) is 5. The summed E-state index contributed by atoms with van der Waals surface area (Å²) in [5.41, 5.74) is 1.68. The fourth-order valence-electron chi connectivity index (χ4n) is 4.87. The molecule has 2 aliphatic carbocycles. The van der Waals surface area contributed by atoms with Crippen LogP contribution in [-0.2, 0) is 16.0 Å². The van der Waals surface area contributed by atoms with Gasteiger partial charge in [0.1, 0.15) is 0 Å². The van der Waals surface area contributed by atoms with Crippen molar-refractivity contribution in [2.45, 2.75) is 46.1 Å². The highest BCUT2D eigenvalue weighted by molar-refractivity contribution is 6.06. The molecular formula is C25H30N2O4. The summed E-state index contributed by atoms with van der Waals surface area (Å²) in [5, 5.41) is 5.37. The maximum absolute atomic E-state index is 12.9. The molecule has 31 heavy (non-hydrogen) atoms. The number of carbonyl (C=O) groups excluding carboxylic acids is 2. The summed E-state index contributed by atoms with van der Waals surface area (Å²) in [6.45, 7) is 10.4. The Bertz CT molecular complexity index is 921. The average molecular weight is 423 g/mol. The molecule has 0 aromatic heterocycles. The molecular weight excluding hydrogens is 392 g/mol. The first-order chi connectivity index (χ1) is 15.0. The molecule has 2 amide bonds. The van der Waals surface area contributed by atoms with Gasteiger partial charge in [-0.3, -0.25) is 9.59 Å².